The lowest BCUT2D eigenvalue weighted by molar-refractivity contribution is 0.112. The summed E-state index contributed by atoms with van der Waals surface area (Å²) in [6.07, 6.45) is 0.809. The molecule has 3 heteroatoms. The zero-order valence-electron chi connectivity index (χ0n) is 13.3. The van der Waals surface area contributed by atoms with Gasteiger partial charge in [0.05, 0.1) is 0 Å². The number of aryl methyl sites for hydroxylation is 1. The van der Waals surface area contributed by atoms with Crippen molar-refractivity contribution in [1.29, 1.82) is 0 Å². The summed E-state index contributed by atoms with van der Waals surface area (Å²) in [5.74, 6) is 2.03. The van der Waals surface area contributed by atoms with Crippen LogP contribution in [0.1, 0.15) is 41.3 Å². The van der Waals surface area contributed by atoms with Crippen LogP contribution in [0, 0.1) is 6.92 Å². The first-order valence-electron chi connectivity index (χ1n) is 7.51. The van der Waals surface area contributed by atoms with E-state index in [4.69, 9.17) is 9.47 Å². The van der Waals surface area contributed by atoms with Crippen LogP contribution in [0.4, 0.5) is 0 Å². The van der Waals surface area contributed by atoms with E-state index in [-0.39, 0.29) is 0 Å². The Hall–Kier alpha value is -2.29. The summed E-state index contributed by atoms with van der Waals surface area (Å²) in [6.45, 7) is 7.31. The van der Waals surface area contributed by atoms with Gasteiger partial charge in [0.25, 0.3) is 0 Å². The Labute approximate surface area is 131 Å². The highest BCUT2D eigenvalue weighted by atomic mass is 16.5. The molecule has 22 heavy (non-hydrogen) atoms. The molecule has 2 aromatic carbocycles. The highest BCUT2D eigenvalue weighted by molar-refractivity contribution is 5.75. The van der Waals surface area contributed by atoms with E-state index >= 15 is 0 Å². The molecule has 0 amide bonds. The minimum absolute atomic E-state index is 0.438. The second kappa shape index (κ2) is 7.64. The summed E-state index contributed by atoms with van der Waals surface area (Å²) in [6, 6.07) is 13.4. The van der Waals surface area contributed by atoms with Gasteiger partial charge in [-0.3, -0.25) is 4.79 Å². The molecule has 0 aliphatic carbocycles. The van der Waals surface area contributed by atoms with E-state index in [1.807, 2.05) is 12.1 Å². The van der Waals surface area contributed by atoms with Gasteiger partial charge in [-0.2, -0.15) is 0 Å². The molecule has 0 aliphatic heterocycles. The quantitative estimate of drug-likeness (QED) is 0.562. The predicted octanol–water partition coefficient (Wildman–Crippen LogP) is 4.39. The van der Waals surface area contributed by atoms with Gasteiger partial charge in [-0.05, 0) is 48.2 Å². The molecule has 0 aliphatic rings. The fraction of sp³-hybridized carbons (Fsp3) is 0.316. The first-order chi connectivity index (χ1) is 10.6. The highest BCUT2D eigenvalue weighted by Crippen LogP contribution is 2.22. The topological polar surface area (TPSA) is 35.5 Å². The zero-order chi connectivity index (χ0) is 15.9. The maximum atomic E-state index is 10.7. The van der Waals surface area contributed by atoms with Crippen LogP contribution in [-0.4, -0.2) is 19.5 Å². The van der Waals surface area contributed by atoms with Crippen molar-refractivity contribution in [1.82, 2.24) is 0 Å². The third-order valence-electron chi connectivity index (χ3n) is 3.35. The second-order valence-corrected chi connectivity index (χ2v) is 5.62. The highest BCUT2D eigenvalue weighted by Gasteiger charge is 2.04. The van der Waals surface area contributed by atoms with Gasteiger partial charge < -0.3 is 9.47 Å². The summed E-state index contributed by atoms with van der Waals surface area (Å²) < 4.78 is 11.4. The van der Waals surface area contributed by atoms with Crippen LogP contribution in [0.15, 0.2) is 42.5 Å². The number of ether oxygens (including phenoxy) is 2. The molecule has 0 unspecified atom stereocenters. The maximum absolute atomic E-state index is 10.7. The Bertz CT molecular complexity index is 632. The van der Waals surface area contributed by atoms with Gasteiger partial charge in [0.1, 0.15) is 31.0 Å². The number of carbonyl (C=O) groups excluding carboxylic acids is 1. The molecule has 116 valence electrons. The van der Waals surface area contributed by atoms with Gasteiger partial charge in [0, 0.05) is 5.56 Å². The number of hydrogen-bond acceptors (Lipinski definition) is 3. The Morgan fingerprint density at radius 1 is 1.00 bits per heavy atom. The summed E-state index contributed by atoms with van der Waals surface area (Å²) >= 11 is 0. The van der Waals surface area contributed by atoms with Crippen molar-refractivity contribution in [3.05, 3.63) is 59.2 Å². The molecule has 0 bridgehead atoms. The normalized spacial score (nSPS) is 10.5. The Morgan fingerprint density at radius 2 is 1.73 bits per heavy atom. The van der Waals surface area contributed by atoms with Crippen molar-refractivity contribution in [3.63, 3.8) is 0 Å². The van der Waals surface area contributed by atoms with Crippen LogP contribution in [0.3, 0.4) is 0 Å². The van der Waals surface area contributed by atoms with E-state index in [9.17, 15) is 4.79 Å². The minimum atomic E-state index is 0.438. The summed E-state index contributed by atoms with van der Waals surface area (Å²) in [4.78, 5) is 10.7. The molecule has 0 atom stereocenters. The van der Waals surface area contributed by atoms with Crippen molar-refractivity contribution < 1.29 is 14.3 Å². The lowest BCUT2D eigenvalue weighted by atomic mass is 10.0. The third kappa shape index (κ3) is 4.62. The summed E-state index contributed by atoms with van der Waals surface area (Å²) in [7, 11) is 0. The summed E-state index contributed by atoms with van der Waals surface area (Å²) in [5.41, 5.74) is 3.08. The van der Waals surface area contributed by atoms with Crippen molar-refractivity contribution in [2.75, 3.05) is 13.2 Å². The molecule has 0 N–H and O–H groups in total. The molecule has 0 radical (unpaired) electrons. The lowest BCUT2D eigenvalue weighted by Crippen LogP contribution is -2.09. The van der Waals surface area contributed by atoms with Crippen LogP contribution < -0.4 is 9.47 Å². The number of rotatable bonds is 7. The van der Waals surface area contributed by atoms with E-state index in [0.29, 0.717) is 30.4 Å². The zero-order valence-corrected chi connectivity index (χ0v) is 13.3. The fourth-order valence-electron chi connectivity index (χ4n) is 2.19. The minimum Gasteiger partial charge on any atom is -0.490 e. The van der Waals surface area contributed by atoms with Crippen LogP contribution in [-0.2, 0) is 0 Å². The maximum Gasteiger partial charge on any atom is 0.150 e. The first-order valence-corrected chi connectivity index (χ1v) is 7.51. The molecule has 0 heterocycles. The Balaban J connectivity index is 1.87. The molecule has 0 fully saturated rings. The molecule has 3 nitrogen and oxygen atoms in total. The van der Waals surface area contributed by atoms with Crippen LogP contribution in [0.2, 0.25) is 0 Å². The van der Waals surface area contributed by atoms with E-state index in [2.05, 4.69) is 32.9 Å². The van der Waals surface area contributed by atoms with Gasteiger partial charge in [-0.25, -0.2) is 0 Å². The van der Waals surface area contributed by atoms with E-state index in [1.54, 1.807) is 18.2 Å². The molecule has 0 spiro atoms. The first kappa shape index (κ1) is 16.1. The third-order valence-corrected chi connectivity index (χ3v) is 3.35. The van der Waals surface area contributed by atoms with Gasteiger partial charge in [-0.15, -0.1) is 0 Å². The van der Waals surface area contributed by atoms with Crippen molar-refractivity contribution in [2.45, 2.75) is 26.7 Å². The largest absolute Gasteiger partial charge is 0.490 e. The van der Waals surface area contributed by atoms with Gasteiger partial charge in [0.15, 0.2) is 0 Å². The van der Waals surface area contributed by atoms with Gasteiger partial charge in [0.2, 0.25) is 0 Å². The number of hydrogen-bond donors (Lipinski definition) is 0. The molecule has 2 rings (SSSR count). The Morgan fingerprint density at radius 3 is 2.41 bits per heavy atom. The summed E-state index contributed by atoms with van der Waals surface area (Å²) in [5, 5.41) is 0. The molecular formula is C19H22O3. The van der Waals surface area contributed by atoms with E-state index < -0.39 is 0 Å². The number of carbonyl (C=O) groups is 1. The van der Waals surface area contributed by atoms with Crippen molar-refractivity contribution in [3.8, 4) is 11.5 Å². The smallest absolute Gasteiger partial charge is 0.150 e. The van der Waals surface area contributed by atoms with E-state index in [1.165, 1.54) is 11.1 Å². The molecule has 0 aromatic heterocycles. The second-order valence-electron chi connectivity index (χ2n) is 5.62. The van der Waals surface area contributed by atoms with Crippen molar-refractivity contribution in [2.24, 2.45) is 0 Å². The molecular weight excluding hydrogens is 276 g/mol. The monoisotopic (exact) mass is 298 g/mol. The van der Waals surface area contributed by atoms with Crippen LogP contribution in [0.25, 0.3) is 0 Å². The predicted molar refractivity (Wildman–Crippen MR) is 88.1 cm³/mol. The number of benzene rings is 2. The SMILES string of the molecule is Cc1cc(OCCOc2cccc(C=O)c2)cc(C(C)C)c1. The van der Waals surface area contributed by atoms with Crippen molar-refractivity contribution >= 4 is 6.29 Å². The average Bonchev–Trinajstić information content (AvgIpc) is 2.51. The standard InChI is InChI=1S/C19H22O3/c1-14(2)17-9-15(3)10-19(12-17)22-8-7-21-18-6-4-5-16(11-18)13-20/h4-6,9-14H,7-8H2,1-3H3. The van der Waals surface area contributed by atoms with Gasteiger partial charge >= 0.3 is 0 Å². The van der Waals surface area contributed by atoms with Crippen LogP contribution in [0.5, 0.6) is 11.5 Å². The fourth-order valence-corrected chi connectivity index (χ4v) is 2.19. The van der Waals surface area contributed by atoms with Crippen LogP contribution >= 0.6 is 0 Å². The average molecular weight is 298 g/mol. The number of aldehydes is 1. The van der Waals surface area contributed by atoms with E-state index in [0.717, 1.165) is 12.0 Å². The molecule has 2 aromatic rings. The van der Waals surface area contributed by atoms with Gasteiger partial charge in [-0.1, -0.05) is 32.0 Å². The molecule has 0 saturated carbocycles. The Kier molecular flexibility index (Phi) is 5.59. The lowest BCUT2D eigenvalue weighted by Gasteiger charge is -2.12. The molecule has 0 saturated heterocycles.